The number of aromatic nitrogens is 7. The van der Waals surface area contributed by atoms with Crippen LogP contribution in [0, 0.1) is 11.3 Å². The van der Waals surface area contributed by atoms with Gasteiger partial charge < -0.3 is 9.73 Å². The fraction of sp³-hybridized carbons (Fsp3) is 0. The number of aromatic amines is 1. The Labute approximate surface area is 179 Å². The van der Waals surface area contributed by atoms with E-state index in [1.807, 2.05) is 36.4 Å². The van der Waals surface area contributed by atoms with Crippen LogP contribution in [0.3, 0.4) is 0 Å². The summed E-state index contributed by atoms with van der Waals surface area (Å²) in [5.74, 6) is 0.672. The maximum Gasteiger partial charge on any atom is 0.362 e. The Balaban J connectivity index is 1.45. The highest BCUT2D eigenvalue weighted by Crippen LogP contribution is 2.21. The first-order valence-electron chi connectivity index (χ1n) is 9.37. The van der Waals surface area contributed by atoms with Crippen molar-refractivity contribution in [2.24, 2.45) is 0 Å². The number of anilines is 1. The lowest BCUT2D eigenvalue weighted by atomic mass is 10.2. The maximum atomic E-state index is 12.6. The van der Waals surface area contributed by atoms with E-state index in [0.29, 0.717) is 22.5 Å². The largest absolute Gasteiger partial charge is 0.421 e. The lowest BCUT2D eigenvalue weighted by molar-refractivity contribution is 0.552. The van der Waals surface area contributed by atoms with E-state index in [2.05, 4.69) is 36.0 Å². The lowest BCUT2D eigenvalue weighted by Gasteiger charge is -2.05. The smallest absolute Gasteiger partial charge is 0.362 e. The number of nitriles is 1. The Morgan fingerprint density at radius 2 is 2.06 bits per heavy atom. The van der Waals surface area contributed by atoms with Crippen LogP contribution in [0.25, 0.3) is 33.6 Å². The zero-order chi connectivity index (χ0) is 21.9. The van der Waals surface area contributed by atoms with Crippen LogP contribution in [0.5, 0.6) is 0 Å². The average molecular weight is 423 g/mol. The minimum absolute atomic E-state index is 0.166. The highest BCUT2D eigenvalue weighted by molar-refractivity contribution is 5.82. The van der Waals surface area contributed by atoms with Crippen molar-refractivity contribution < 1.29 is 4.42 Å². The second-order valence-electron chi connectivity index (χ2n) is 6.60. The van der Waals surface area contributed by atoms with Gasteiger partial charge in [-0.3, -0.25) is 0 Å². The molecular weight excluding hydrogens is 410 g/mol. The summed E-state index contributed by atoms with van der Waals surface area (Å²) >= 11 is 0. The van der Waals surface area contributed by atoms with Crippen molar-refractivity contribution in [3.63, 3.8) is 0 Å². The van der Waals surface area contributed by atoms with Crippen LogP contribution in [0.4, 0.5) is 5.69 Å². The van der Waals surface area contributed by atoms with Crippen molar-refractivity contribution in [2.45, 2.75) is 0 Å². The zero-order valence-corrected chi connectivity index (χ0v) is 16.3. The molecule has 154 valence electrons. The van der Waals surface area contributed by atoms with Gasteiger partial charge in [0.2, 0.25) is 5.82 Å². The normalized spacial score (nSPS) is 11.4. The summed E-state index contributed by atoms with van der Waals surface area (Å²) in [6.07, 6.45) is 2.92. The third-order valence-corrected chi connectivity index (χ3v) is 4.58. The molecule has 0 spiro atoms. The number of hydrogen-bond acceptors (Lipinski definition) is 9. The summed E-state index contributed by atoms with van der Waals surface area (Å²) in [5, 5.41) is 30.6. The average Bonchev–Trinajstić information content (AvgIpc) is 3.52. The summed E-state index contributed by atoms with van der Waals surface area (Å²) in [4.78, 5) is 16.9. The van der Waals surface area contributed by atoms with Crippen LogP contribution < -0.4 is 10.9 Å². The van der Waals surface area contributed by atoms with E-state index in [-0.39, 0.29) is 17.1 Å². The Morgan fingerprint density at radius 3 is 2.84 bits per heavy atom. The molecule has 0 unspecified atom stereocenters. The molecule has 0 saturated carbocycles. The van der Waals surface area contributed by atoms with E-state index in [9.17, 15) is 10.1 Å². The molecule has 5 aromatic rings. The first-order chi connectivity index (χ1) is 15.7. The van der Waals surface area contributed by atoms with Crippen LogP contribution in [0.15, 0.2) is 76.3 Å². The molecule has 11 heteroatoms. The molecule has 2 N–H and O–H groups in total. The molecule has 0 aliphatic rings. The van der Waals surface area contributed by atoms with Crippen LogP contribution in [0.1, 0.15) is 5.82 Å². The van der Waals surface area contributed by atoms with Crippen molar-refractivity contribution in [1.82, 2.24) is 35.4 Å². The minimum atomic E-state index is -0.556. The van der Waals surface area contributed by atoms with Gasteiger partial charge in [0.25, 0.3) is 0 Å². The highest BCUT2D eigenvalue weighted by atomic mass is 16.4. The third kappa shape index (κ3) is 3.59. The van der Waals surface area contributed by atoms with E-state index >= 15 is 0 Å². The zero-order valence-electron chi connectivity index (χ0n) is 16.3. The SMILES string of the molecule is N#CC(=CNc1ccc2cc(-n3cnc(-c4ccccc4)n3)c(=O)oc2c1)c1nn[nH]n1. The second kappa shape index (κ2) is 7.96. The van der Waals surface area contributed by atoms with Gasteiger partial charge in [0.15, 0.2) is 11.5 Å². The van der Waals surface area contributed by atoms with Crippen molar-refractivity contribution in [3.05, 3.63) is 83.4 Å². The Kier molecular flexibility index (Phi) is 4.70. The number of tetrazole rings is 1. The number of hydrogen-bond donors (Lipinski definition) is 2. The minimum Gasteiger partial charge on any atom is -0.421 e. The van der Waals surface area contributed by atoms with Crippen LogP contribution in [-0.2, 0) is 0 Å². The van der Waals surface area contributed by atoms with Crippen LogP contribution >= 0.6 is 0 Å². The van der Waals surface area contributed by atoms with E-state index in [0.717, 1.165) is 5.56 Å². The van der Waals surface area contributed by atoms with Crippen molar-refractivity contribution >= 4 is 22.2 Å². The Bertz CT molecular complexity index is 1530. The Hall–Kier alpha value is -5.11. The molecule has 11 nitrogen and oxygen atoms in total. The molecule has 3 heterocycles. The number of fused-ring (bicyclic) bond motifs is 1. The van der Waals surface area contributed by atoms with Gasteiger partial charge >= 0.3 is 5.63 Å². The van der Waals surface area contributed by atoms with Gasteiger partial charge in [0.1, 0.15) is 23.6 Å². The van der Waals surface area contributed by atoms with E-state index in [4.69, 9.17) is 4.42 Å². The monoisotopic (exact) mass is 423 g/mol. The fourth-order valence-electron chi connectivity index (χ4n) is 3.03. The van der Waals surface area contributed by atoms with E-state index in [1.165, 1.54) is 17.2 Å². The molecule has 32 heavy (non-hydrogen) atoms. The fourth-order valence-corrected chi connectivity index (χ4v) is 3.03. The lowest BCUT2D eigenvalue weighted by Crippen LogP contribution is -2.10. The molecule has 2 aromatic carbocycles. The van der Waals surface area contributed by atoms with Crippen molar-refractivity contribution in [1.29, 1.82) is 5.26 Å². The first-order valence-corrected chi connectivity index (χ1v) is 9.37. The van der Waals surface area contributed by atoms with Gasteiger partial charge in [0, 0.05) is 28.9 Å². The van der Waals surface area contributed by atoms with Gasteiger partial charge in [-0.25, -0.2) is 14.5 Å². The topological polar surface area (TPSA) is 151 Å². The number of rotatable bonds is 5. The number of benzene rings is 2. The molecule has 0 atom stereocenters. The molecule has 0 radical (unpaired) electrons. The second-order valence-corrected chi connectivity index (χ2v) is 6.60. The van der Waals surface area contributed by atoms with Crippen LogP contribution in [-0.4, -0.2) is 35.4 Å². The first kappa shape index (κ1) is 18.9. The molecule has 0 bridgehead atoms. The molecule has 3 aromatic heterocycles. The number of allylic oxidation sites excluding steroid dienone is 1. The predicted octanol–water partition coefficient (Wildman–Crippen LogP) is 2.53. The summed E-state index contributed by atoms with van der Waals surface area (Å²) in [5.41, 5.74) is 1.71. The predicted molar refractivity (Wildman–Crippen MR) is 114 cm³/mol. The summed E-state index contributed by atoms with van der Waals surface area (Å²) < 4.78 is 6.89. The van der Waals surface area contributed by atoms with E-state index < -0.39 is 5.63 Å². The van der Waals surface area contributed by atoms with Gasteiger partial charge in [-0.05, 0) is 23.4 Å². The van der Waals surface area contributed by atoms with Gasteiger partial charge in [-0.2, -0.15) is 10.5 Å². The molecule has 5 rings (SSSR count). The number of nitrogens with one attached hydrogen (secondary N) is 2. The summed E-state index contributed by atoms with van der Waals surface area (Å²) in [6.45, 7) is 0. The van der Waals surface area contributed by atoms with E-state index in [1.54, 1.807) is 24.3 Å². The Morgan fingerprint density at radius 1 is 1.19 bits per heavy atom. The standard InChI is InChI=1S/C21H13N9O2/c22-10-15(20-25-28-29-26-20)11-23-16-7-6-14-8-17(21(31)32-18(14)9-16)30-12-24-19(27-30)13-4-2-1-3-5-13/h1-9,11-12,23H,(H,25,26,28,29). The number of H-pyrrole nitrogens is 1. The highest BCUT2D eigenvalue weighted by Gasteiger charge is 2.12. The molecule has 0 fully saturated rings. The third-order valence-electron chi connectivity index (χ3n) is 4.58. The van der Waals surface area contributed by atoms with Crippen molar-refractivity contribution in [3.8, 4) is 23.1 Å². The maximum absolute atomic E-state index is 12.6. The number of nitrogens with zero attached hydrogens (tertiary/aromatic N) is 7. The van der Waals surface area contributed by atoms with Gasteiger partial charge in [-0.1, -0.05) is 30.3 Å². The summed E-state index contributed by atoms with van der Waals surface area (Å²) in [6, 6.07) is 18.4. The van der Waals surface area contributed by atoms with Crippen LogP contribution in [0.2, 0.25) is 0 Å². The molecule has 0 aliphatic carbocycles. The van der Waals surface area contributed by atoms with Gasteiger partial charge in [0.05, 0.1) is 0 Å². The van der Waals surface area contributed by atoms with Crippen molar-refractivity contribution in [2.75, 3.05) is 5.32 Å². The molecule has 0 amide bonds. The molecule has 0 aliphatic heterocycles. The quantitative estimate of drug-likeness (QED) is 0.321. The molecule has 0 saturated heterocycles. The summed E-state index contributed by atoms with van der Waals surface area (Å²) in [7, 11) is 0. The molecular formula is C21H13N9O2. The van der Waals surface area contributed by atoms with Gasteiger partial charge in [-0.15, -0.1) is 15.3 Å².